The molecule has 0 atom stereocenters. The number of nitrogens with two attached hydrogens (primary N) is 1. The van der Waals surface area contributed by atoms with Crippen LogP contribution in [0.25, 0.3) is 6.08 Å². The molecule has 0 saturated heterocycles. The summed E-state index contributed by atoms with van der Waals surface area (Å²) in [4.78, 5) is 0. The second-order valence-corrected chi connectivity index (χ2v) is 3.29. The van der Waals surface area contributed by atoms with Gasteiger partial charge in [-0.1, -0.05) is 18.2 Å². The van der Waals surface area contributed by atoms with E-state index in [0.29, 0.717) is 11.3 Å². The van der Waals surface area contributed by atoms with Gasteiger partial charge in [0.1, 0.15) is 0 Å². The van der Waals surface area contributed by atoms with Gasteiger partial charge in [-0.2, -0.15) is 25.8 Å². The van der Waals surface area contributed by atoms with Gasteiger partial charge in [0.25, 0.3) is 0 Å². The number of benzene rings is 1. The number of thiol groups is 1. The van der Waals surface area contributed by atoms with Crippen molar-refractivity contribution in [1.82, 2.24) is 0 Å². The van der Waals surface area contributed by atoms with Crippen molar-refractivity contribution in [2.24, 2.45) is 0 Å². The van der Waals surface area contributed by atoms with Crippen molar-refractivity contribution in [3.63, 3.8) is 0 Å². The lowest BCUT2D eigenvalue weighted by molar-refractivity contribution is -0.136. The Morgan fingerprint density at radius 2 is 2.00 bits per heavy atom. The summed E-state index contributed by atoms with van der Waals surface area (Å²) in [5, 5.41) is 0. The average Bonchev–Trinajstić information content (AvgIpc) is 2.12. The zero-order valence-electron chi connectivity index (χ0n) is 7.75. The lowest BCUT2D eigenvalue weighted by atomic mass is 10.1. The summed E-state index contributed by atoms with van der Waals surface area (Å²) in [7, 11) is 0. The second-order valence-electron chi connectivity index (χ2n) is 2.93. The lowest BCUT2D eigenvalue weighted by Crippen LogP contribution is -2.08. The first kappa shape index (κ1) is 12.0. The molecular weight excluding hydrogens is 223 g/mol. The van der Waals surface area contributed by atoms with E-state index in [9.17, 15) is 13.2 Å². The van der Waals surface area contributed by atoms with E-state index in [0.717, 1.165) is 6.07 Å². The standard InChI is InChI=1S/C10H10F3NS/c11-10(12,13)8-4-3-7(2-1-5-15)6-9(8)14/h1-4,6,15H,5,14H2. The molecule has 0 aliphatic carbocycles. The molecule has 2 N–H and O–H groups in total. The van der Waals surface area contributed by atoms with Gasteiger partial charge in [-0.15, -0.1) is 0 Å². The van der Waals surface area contributed by atoms with Crippen molar-refractivity contribution >= 4 is 24.4 Å². The third kappa shape index (κ3) is 3.20. The summed E-state index contributed by atoms with van der Waals surface area (Å²) in [6.45, 7) is 0. The minimum absolute atomic E-state index is 0.260. The molecule has 0 amide bonds. The Hall–Kier alpha value is -1.10. The van der Waals surface area contributed by atoms with Crippen LogP contribution in [0.5, 0.6) is 0 Å². The van der Waals surface area contributed by atoms with Gasteiger partial charge >= 0.3 is 6.18 Å². The molecule has 0 spiro atoms. The molecule has 1 rings (SSSR count). The van der Waals surface area contributed by atoms with Gasteiger partial charge in [-0.3, -0.25) is 0 Å². The number of alkyl halides is 3. The van der Waals surface area contributed by atoms with E-state index in [4.69, 9.17) is 5.73 Å². The molecule has 0 aliphatic rings. The number of hydrogen-bond donors (Lipinski definition) is 2. The van der Waals surface area contributed by atoms with Crippen LogP contribution in [0.2, 0.25) is 0 Å². The van der Waals surface area contributed by atoms with Crippen molar-refractivity contribution in [2.45, 2.75) is 6.18 Å². The second kappa shape index (κ2) is 4.61. The number of rotatable bonds is 2. The van der Waals surface area contributed by atoms with Crippen molar-refractivity contribution in [1.29, 1.82) is 0 Å². The third-order valence-electron chi connectivity index (χ3n) is 1.80. The van der Waals surface area contributed by atoms with Gasteiger partial charge in [0, 0.05) is 11.4 Å². The van der Waals surface area contributed by atoms with E-state index in [2.05, 4.69) is 12.6 Å². The van der Waals surface area contributed by atoms with Gasteiger partial charge in [-0.05, 0) is 17.7 Å². The SMILES string of the molecule is Nc1cc(C=CCS)ccc1C(F)(F)F. The fourth-order valence-corrected chi connectivity index (χ4v) is 1.24. The first-order valence-corrected chi connectivity index (χ1v) is 4.82. The van der Waals surface area contributed by atoms with E-state index >= 15 is 0 Å². The predicted octanol–water partition coefficient (Wildman–Crippen LogP) is 3.23. The van der Waals surface area contributed by atoms with Crippen LogP contribution in [0, 0.1) is 0 Å². The fraction of sp³-hybridized carbons (Fsp3) is 0.200. The van der Waals surface area contributed by atoms with Crippen LogP contribution < -0.4 is 5.73 Å². The van der Waals surface area contributed by atoms with Crippen LogP contribution in [0.3, 0.4) is 0 Å². The first-order chi connectivity index (χ1) is 6.95. The zero-order valence-corrected chi connectivity index (χ0v) is 8.65. The molecule has 0 fully saturated rings. The summed E-state index contributed by atoms with van der Waals surface area (Å²) in [6, 6.07) is 3.65. The minimum Gasteiger partial charge on any atom is -0.398 e. The molecule has 0 aliphatic heterocycles. The van der Waals surface area contributed by atoms with E-state index < -0.39 is 11.7 Å². The Bertz CT molecular complexity index is 371. The Balaban J connectivity index is 3.04. The molecule has 0 unspecified atom stereocenters. The van der Waals surface area contributed by atoms with Crippen LogP contribution in [-0.2, 0) is 6.18 Å². The van der Waals surface area contributed by atoms with Gasteiger partial charge in [0.05, 0.1) is 5.56 Å². The summed E-state index contributed by atoms with van der Waals surface area (Å²) in [5.74, 6) is 0.529. The molecule has 0 aromatic heterocycles. The number of anilines is 1. The average molecular weight is 233 g/mol. The molecule has 15 heavy (non-hydrogen) atoms. The zero-order chi connectivity index (χ0) is 11.5. The summed E-state index contributed by atoms with van der Waals surface area (Å²) < 4.78 is 37.0. The molecule has 0 saturated carbocycles. The van der Waals surface area contributed by atoms with Gasteiger partial charge < -0.3 is 5.73 Å². The van der Waals surface area contributed by atoms with Crippen molar-refractivity contribution in [3.05, 3.63) is 35.4 Å². The summed E-state index contributed by atoms with van der Waals surface area (Å²) in [5.41, 5.74) is 4.88. The number of hydrogen-bond acceptors (Lipinski definition) is 2. The van der Waals surface area contributed by atoms with Crippen LogP contribution >= 0.6 is 12.6 Å². The maximum absolute atomic E-state index is 12.3. The Morgan fingerprint density at radius 1 is 1.33 bits per heavy atom. The van der Waals surface area contributed by atoms with E-state index in [1.165, 1.54) is 12.1 Å². The summed E-state index contributed by atoms with van der Waals surface area (Å²) in [6.07, 6.45) is -0.996. The molecule has 1 aromatic carbocycles. The minimum atomic E-state index is -4.39. The fourth-order valence-electron chi connectivity index (χ4n) is 1.13. The van der Waals surface area contributed by atoms with Gasteiger partial charge in [0.2, 0.25) is 0 Å². The molecule has 0 radical (unpaired) electrons. The summed E-state index contributed by atoms with van der Waals surface area (Å²) >= 11 is 3.94. The maximum atomic E-state index is 12.3. The van der Waals surface area contributed by atoms with Crippen molar-refractivity contribution < 1.29 is 13.2 Å². The maximum Gasteiger partial charge on any atom is 0.418 e. The lowest BCUT2D eigenvalue weighted by Gasteiger charge is -2.09. The van der Waals surface area contributed by atoms with Crippen molar-refractivity contribution in [3.8, 4) is 0 Å². The quantitative estimate of drug-likeness (QED) is 0.595. The van der Waals surface area contributed by atoms with Crippen molar-refractivity contribution in [2.75, 3.05) is 11.5 Å². The number of nitrogen functional groups attached to an aromatic ring is 1. The Morgan fingerprint density at radius 3 is 2.47 bits per heavy atom. The molecule has 1 aromatic rings. The van der Waals surface area contributed by atoms with Gasteiger partial charge in [-0.25, -0.2) is 0 Å². The monoisotopic (exact) mass is 233 g/mol. The molecule has 1 nitrogen and oxygen atoms in total. The van der Waals surface area contributed by atoms with Gasteiger partial charge in [0.15, 0.2) is 0 Å². The molecule has 0 bridgehead atoms. The molecule has 0 heterocycles. The Labute approximate surface area is 91.2 Å². The van der Waals surface area contributed by atoms with E-state index in [1.807, 2.05) is 0 Å². The highest BCUT2D eigenvalue weighted by Crippen LogP contribution is 2.33. The highest BCUT2D eigenvalue weighted by Gasteiger charge is 2.32. The van der Waals surface area contributed by atoms with Crippen LogP contribution in [0.4, 0.5) is 18.9 Å². The normalized spacial score (nSPS) is 12.3. The van der Waals surface area contributed by atoms with Crippen LogP contribution in [-0.4, -0.2) is 5.75 Å². The van der Waals surface area contributed by atoms with Crippen LogP contribution in [0.15, 0.2) is 24.3 Å². The smallest absolute Gasteiger partial charge is 0.398 e. The highest BCUT2D eigenvalue weighted by atomic mass is 32.1. The predicted molar refractivity (Wildman–Crippen MR) is 58.7 cm³/mol. The van der Waals surface area contributed by atoms with E-state index in [-0.39, 0.29) is 5.69 Å². The molecular formula is C10H10F3NS. The largest absolute Gasteiger partial charge is 0.418 e. The first-order valence-electron chi connectivity index (χ1n) is 4.19. The topological polar surface area (TPSA) is 26.0 Å². The molecule has 5 heteroatoms. The number of halogens is 3. The van der Waals surface area contributed by atoms with E-state index in [1.54, 1.807) is 12.2 Å². The Kier molecular flexibility index (Phi) is 3.68. The highest BCUT2D eigenvalue weighted by molar-refractivity contribution is 7.80. The molecule has 82 valence electrons. The van der Waals surface area contributed by atoms with Crippen LogP contribution in [0.1, 0.15) is 11.1 Å². The third-order valence-corrected chi connectivity index (χ3v) is 2.01.